The SMILES string of the molecule is C=C(/C=C\C(F)=C(\F)CNc1ccc(C)cc1F)NNCCN(C)CC.CC. The maximum absolute atomic E-state index is 13.8. The highest BCUT2D eigenvalue weighted by Crippen LogP contribution is 2.17. The molecule has 0 aromatic heterocycles. The first-order valence-electron chi connectivity index (χ1n) is 9.42. The van der Waals surface area contributed by atoms with Crippen LogP contribution in [0.15, 0.2) is 54.3 Å². The van der Waals surface area contributed by atoms with Crippen molar-refractivity contribution in [2.45, 2.75) is 27.7 Å². The summed E-state index contributed by atoms with van der Waals surface area (Å²) in [6.07, 6.45) is 2.29. The van der Waals surface area contributed by atoms with Gasteiger partial charge in [-0.25, -0.2) is 18.6 Å². The van der Waals surface area contributed by atoms with Crippen molar-refractivity contribution >= 4 is 5.69 Å². The highest BCUT2D eigenvalue weighted by atomic mass is 19.2. The molecule has 0 aliphatic heterocycles. The third-order valence-corrected chi connectivity index (χ3v) is 3.66. The topological polar surface area (TPSA) is 39.3 Å². The van der Waals surface area contributed by atoms with Gasteiger partial charge in [-0.2, -0.15) is 0 Å². The van der Waals surface area contributed by atoms with Crippen molar-refractivity contribution in [2.75, 3.05) is 38.5 Å². The van der Waals surface area contributed by atoms with Gasteiger partial charge in [0.25, 0.3) is 0 Å². The van der Waals surface area contributed by atoms with Crippen LogP contribution in [0.5, 0.6) is 0 Å². The zero-order chi connectivity index (χ0) is 21.5. The van der Waals surface area contributed by atoms with E-state index in [1.165, 1.54) is 18.2 Å². The molecule has 0 atom stereocenters. The molecule has 0 saturated carbocycles. The van der Waals surface area contributed by atoms with Gasteiger partial charge in [-0.3, -0.25) is 0 Å². The van der Waals surface area contributed by atoms with Gasteiger partial charge in [0, 0.05) is 18.8 Å². The lowest BCUT2D eigenvalue weighted by Crippen LogP contribution is -2.36. The predicted octanol–water partition coefficient (Wildman–Crippen LogP) is 4.84. The van der Waals surface area contributed by atoms with Crippen molar-refractivity contribution in [3.8, 4) is 0 Å². The number of aryl methyl sites for hydroxylation is 1. The second kappa shape index (κ2) is 14.8. The van der Waals surface area contributed by atoms with Gasteiger partial charge in [0.15, 0.2) is 11.7 Å². The highest BCUT2D eigenvalue weighted by Gasteiger charge is 2.06. The molecule has 1 aromatic rings. The van der Waals surface area contributed by atoms with Crippen LogP contribution in [0.4, 0.5) is 18.9 Å². The van der Waals surface area contributed by atoms with Crippen molar-refractivity contribution in [2.24, 2.45) is 0 Å². The maximum Gasteiger partial charge on any atom is 0.156 e. The fourth-order valence-electron chi connectivity index (χ4n) is 1.91. The van der Waals surface area contributed by atoms with Gasteiger partial charge < -0.3 is 15.6 Å². The quantitative estimate of drug-likeness (QED) is 0.283. The molecule has 3 N–H and O–H groups in total. The van der Waals surface area contributed by atoms with Gasteiger partial charge in [-0.1, -0.05) is 33.4 Å². The minimum absolute atomic E-state index is 0.120. The van der Waals surface area contributed by atoms with Crippen LogP contribution in [0.1, 0.15) is 26.3 Å². The van der Waals surface area contributed by atoms with Crippen LogP contribution in [-0.2, 0) is 0 Å². The minimum Gasteiger partial charge on any atom is -0.376 e. The molecule has 0 bridgehead atoms. The lowest BCUT2D eigenvalue weighted by Gasteiger charge is -2.14. The largest absolute Gasteiger partial charge is 0.376 e. The van der Waals surface area contributed by atoms with Crippen LogP contribution >= 0.6 is 0 Å². The fraction of sp³-hybridized carbons (Fsp3) is 0.429. The van der Waals surface area contributed by atoms with Crippen molar-refractivity contribution in [3.05, 3.63) is 65.7 Å². The van der Waals surface area contributed by atoms with Gasteiger partial charge in [0.2, 0.25) is 0 Å². The van der Waals surface area contributed by atoms with E-state index in [-0.39, 0.29) is 5.69 Å². The van der Waals surface area contributed by atoms with Crippen LogP contribution in [0.2, 0.25) is 0 Å². The fourth-order valence-corrected chi connectivity index (χ4v) is 1.91. The molecule has 0 aliphatic rings. The van der Waals surface area contributed by atoms with E-state index in [0.29, 0.717) is 12.2 Å². The molecule has 0 saturated heterocycles. The summed E-state index contributed by atoms with van der Waals surface area (Å²) in [5.41, 5.74) is 6.99. The van der Waals surface area contributed by atoms with Crippen LogP contribution in [0, 0.1) is 12.7 Å². The number of allylic oxidation sites excluding steroid dienone is 3. The summed E-state index contributed by atoms with van der Waals surface area (Å²) >= 11 is 0. The molecule has 0 fully saturated rings. The predicted molar refractivity (Wildman–Crippen MR) is 113 cm³/mol. The van der Waals surface area contributed by atoms with Crippen molar-refractivity contribution < 1.29 is 13.2 Å². The van der Waals surface area contributed by atoms with Crippen molar-refractivity contribution in [1.82, 2.24) is 15.8 Å². The van der Waals surface area contributed by atoms with E-state index >= 15 is 0 Å². The molecule has 158 valence electrons. The third-order valence-electron chi connectivity index (χ3n) is 3.66. The third kappa shape index (κ3) is 10.8. The highest BCUT2D eigenvalue weighted by molar-refractivity contribution is 5.47. The Morgan fingerprint density at radius 1 is 1.21 bits per heavy atom. The smallest absolute Gasteiger partial charge is 0.156 e. The first-order chi connectivity index (χ1) is 13.3. The second-order valence-corrected chi connectivity index (χ2v) is 5.90. The number of nitrogens with one attached hydrogen (secondary N) is 3. The van der Waals surface area contributed by atoms with Gasteiger partial charge >= 0.3 is 0 Å². The van der Waals surface area contributed by atoms with Gasteiger partial charge in [-0.05, 0) is 50.4 Å². The van der Waals surface area contributed by atoms with Crippen LogP contribution in [0.3, 0.4) is 0 Å². The zero-order valence-electron chi connectivity index (χ0n) is 17.5. The Balaban J connectivity index is 0.00000352. The molecule has 7 heteroatoms. The molecule has 0 unspecified atom stereocenters. The van der Waals surface area contributed by atoms with E-state index in [1.54, 1.807) is 13.0 Å². The van der Waals surface area contributed by atoms with E-state index in [9.17, 15) is 13.2 Å². The van der Waals surface area contributed by atoms with Crippen molar-refractivity contribution in [3.63, 3.8) is 0 Å². The van der Waals surface area contributed by atoms with Crippen molar-refractivity contribution in [1.29, 1.82) is 0 Å². The van der Waals surface area contributed by atoms with Gasteiger partial charge in [0.1, 0.15) is 5.82 Å². The molecule has 0 spiro atoms. The van der Waals surface area contributed by atoms with Crippen LogP contribution < -0.4 is 16.2 Å². The summed E-state index contributed by atoms with van der Waals surface area (Å²) < 4.78 is 41.2. The average molecular weight is 399 g/mol. The molecule has 0 aliphatic carbocycles. The Morgan fingerprint density at radius 3 is 2.50 bits per heavy atom. The number of likely N-dealkylation sites (N-methyl/N-ethyl adjacent to an activating group) is 1. The Kier molecular flexibility index (Phi) is 13.6. The molecule has 4 nitrogen and oxygen atoms in total. The number of hydrogen-bond acceptors (Lipinski definition) is 4. The first kappa shape index (κ1) is 25.8. The molecular weight excluding hydrogens is 365 g/mol. The lowest BCUT2D eigenvalue weighted by atomic mass is 10.2. The molecule has 1 aromatic carbocycles. The van der Waals surface area contributed by atoms with Gasteiger partial charge in [-0.15, -0.1) is 0 Å². The van der Waals surface area contributed by atoms with Gasteiger partial charge in [0.05, 0.1) is 12.2 Å². The Bertz CT molecular complexity index is 657. The Morgan fingerprint density at radius 2 is 1.89 bits per heavy atom. The van der Waals surface area contributed by atoms with E-state index in [2.05, 4.69) is 34.6 Å². The number of halogens is 3. The zero-order valence-corrected chi connectivity index (χ0v) is 17.5. The number of hydrazine groups is 1. The van der Waals surface area contributed by atoms with E-state index in [4.69, 9.17) is 0 Å². The van der Waals surface area contributed by atoms with E-state index in [0.717, 1.165) is 24.7 Å². The maximum atomic E-state index is 13.8. The summed E-state index contributed by atoms with van der Waals surface area (Å²) in [6, 6.07) is 4.49. The lowest BCUT2D eigenvalue weighted by molar-refractivity contribution is 0.343. The van der Waals surface area contributed by atoms with E-state index < -0.39 is 24.0 Å². The van der Waals surface area contributed by atoms with Crippen LogP contribution in [-0.4, -0.2) is 38.1 Å². The summed E-state index contributed by atoms with van der Waals surface area (Å²) in [5.74, 6) is -2.57. The monoisotopic (exact) mass is 398 g/mol. The number of nitrogens with zero attached hydrogens (tertiary/aromatic N) is 1. The normalized spacial score (nSPS) is 11.8. The molecule has 1 rings (SSSR count). The summed E-state index contributed by atoms with van der Waals surface area (Å²) in [7, 11) is 2.00. The molecule has 0 amide bonds. The summed E-state index contributed by atoms with van der Waals surface area (Å²) in [4.78, 5) is 2.12. The number of rotatable bonds is 11. The summed E-state index contributed by atoms with van der Waals surface area (Å²) in [5, 5.41) is 2.53. The average Bonchev–Trinajstić information content (AvgIpc) is 2.69. The molecule has 28 heavy (non-hydrogen) atoms. The number of anilines is 1. The molecule has 0 heterocycles. The standard InChI is InChI=1S/C19H27F3N4.C2H6/c1-5-26(4)11-10-24-25-15(3)7-8-16(20)18(22)13-23-19-9-6-14(2)12-17(19)21;1-2/h6-9,12,23-25H,3,5,10-11,13H2,1-2,4H3;1-2H3/b8-7-,18-16-;. The summed E-state index contributed by atoms with van der Waals surface area (Å²) in [6.45, 7) is 13.5. The number of hydrogen-bond donors (Lipinski definition) is 3. The number of benzene rings is 1. The minimum atomic E-state index is -1.04. The van der Waals surface area contributed by atoms with E-state index in [1.807, 2.05) is 20.9 Å². The Labute approximate surface area is 167 Å². The van der Waals surface area contributed by atoms with Crippen LogP contribution in [0.25, 0.3) is 0 Å². The first-order valence-corrected chi connectivity index (χ1v) is 9.42. The molecule has 0 radical (unpaired) electrons. The molecular formula is C21H33F3N4. The second-order valence-electron chi connectivity index (χ2n) is 5.90. The Hall–Kier alpha value is -2.25.